The highest BCUT2D eigenvalue weighted by atomic mass is 32.2. The van der Waals surface area contributed by atoms with Gasteiger partial charge in [-0.05, 0) is 18.6 Å². The Hall–Kier alpha value is -2.13. The van der Waals surface area contributed by atoms with Crippen molar-refractivity contribution >= 4 is 15.9 Å². The topological polar surface area (TPSA) is 106 Å². The zero-order chi connectivity index (χ0) is 16.2. The van der Waals surface area contributed by atoms with E-state index in [1.807, 2.05) is 0 Å². The van der Waals surface area contributed by atoms with E-state index in [9.17, 15) is 13.2 Å². The van der Waals surface area contributed by atoms with Gasteiger partial charge in [0.15, 0.2) is 11.5 Å². The van der Waals surface area contributed by atoms with Crippen LogP contribution in [0, 0.1) is 0 Å². The number of carbonyl (C=O) groups is 1. The first-order chi connectivity index (χ1) is 10.4. The molecule has 8 nitrogen and oxygen atoms in total. The second kappa shape index (κ2) is 6.75. The standard InChI is InChI=1S/C13H17N3O5S/c1-16(22(2,18)19)7-4-6-14-13(17)10-9-12(21-15-10)11-5-3-8-20-11/h3,5,8-9H,4,6-7H2,1-2H3,(H,14,17). The highest BCUT2D eigenvalue weighted by Crippen LogP contribution is 2.20. The largest absolute Gasteiger partial charge is 0.461 e. The van der Waals surface area contributed by atoms with Crippen LogP contribution in [0.2, 0.25) is 0 Å². The molecule has 1 amide bonds. The van der Waals surface area contributed by atoms with Gasteiger partial charge < -0.3 is 14.3 Å². The molecule has 1 N–H and O–H groups in total. The summed E-state index contributed by atoms with van der Waals surface area (Å²) >= 11 is 0. The Bertz CT molecular complexity index is 721. The number of nitrogens with one attached hydrogen (secondary N) is 1. The highest BCUT2D eigenvalue weighted by molar-refractivity contribution is 7.88. The van der Waals surface area contributed by atoms with E-state index in [-0.39, 0.29) is 11.6 Å². The van der Waals surface area contributed by atoms with Crippen LogP contribution >= 0.6 is 0 Å². The van der Waals surface area contributed by atoms with Crippen LogP contribution in [0.1, 0.15) is 16.9 Å². The molecule has 0 radical (unpaired) electrons. The predicted octanol–water partition coefficient (Wildman–Crippen LogP) is 0.946. The van der Waals surface area contributed by atoms with E-state index < -0.39 is 10.0 Å². The molecular weight excluding hydrogens is 310 g/mol. The Morgan fingerprint density at radius 1 is 1.41 bits per heavy atom. The maximum Gasteiger partial charge on any atom is 0.273 e. The summed E-state index contributed by atoms with van der Waals surface area (Å²) in [5, 5.41) is 6.32. The van der Waals surface area contributed by atoms with E-state index in [1.54, 1.807) is 12.1 Å². The zero-order valence-electron chi connectivity index (χ0n) is 12.3. The number of sulfonamides is 1. The van der Waals surface area contributed by atoms with Gasteiger partial charge in [-0.2, -0.15) is 0 Å². The number of carbonyl (C=O) groups excluding carboxylic acids is 1. The molecule has 120 valence electrons. The lowest BCUT2D eigenvalue weighted by Gasteiger charge is -2.13. The van der Waals surface area contributed by atoms with E-state index in [1.165, 1.54) is 23.7 Å². The Morgan fingerprint density at radius 3 is 2.82 bits per heavy atom. The van der Waals surface area contributed by atoms with Gasteiger partial charge in [-0.3, -0.25) is 4.79 Å². The number of aromatic nitrogens is 1. The smallest absolute Gasteiger partial charge is 0.273 e. The van der Waals surface area contributed by atoms with Crippen molar-refractivity contribution in [1.82, 2.24) is 14.8 Å². The molecule has 0 aliphatic carbocycles. The molecule has 2 heterocycles. The summed E-state index contributed by atoms with van der Waals surface area (Å²) in [5.41, 5.74) is 0.142. The summed E-state index contributed by atoms with van der Waals surface area (Å²) in [4.78, 5) is 11.9. The average molecular weight is 327 g/mol. The van der Waals surface area contributed by atoms with Crippen molar-refractivity contribution in [2.24, 2.45) is 0 Å². The maximum atomic E-state index is 11.9. The van der Waals surface area contributed by atoms with Gasteiger partial charge in [0, 0.05) is 26.2 Å². The summed E-state index contributed by atoms with van der Waals surface area (Å²) in [6.45, 7) is 0.664. The molecule has 0 saturated carbocycles. The van der Waals surface area contributed by atoms with Gasteiger partial charge >= 0.3 is 0 Å². The monoisotopic (exact) mass is 327 g/mol. The van der Waals surface area contributed by atoms with Gasteiger partial charge in [-0.1, -0.05) is 5.16 Å². The molecule has 2 aromatic rings. The fourth-order valence-electron chi connectivity index (χ4n) is 1.68. The summed E-state index contributed by atoms with van der Waals surface area (Å²) in [6.07, 6.45) is 3.13. The SMILES string of the molecule is CN(CCCNC(=O)c1cc(-c2ccco2)on1)S(C)(=O)=O. The minimum atomic E-state index is -3.19. The molecule has 0 spiro atoms. The number of furan rings is 1. The first-order valence-electron chi connectivity index (χ1n) is 6.58. The Labute approximate surface area is 128 Å². The minimum absolute atomic E-state index is 0.142. The molecule has 0 saturated heterocycles. The minimum Gasteiger partial charge on any atom is -0.461 e. The molecule has 0 unspecified atom stereocenters. The first kappa shape index (κ1) is 16.2. The zero-order valence-corrected chi connectivity index (χ0v) is 13.1. The van der Waals surface area contributed by atoms with Crippen LogP contribution in [0.4, 0.5) is 0 Å². The molecular formula is C13H17N3O5S. The number of hydrogen-bond donors (Lipinski definition) is 1. The predicted molar refractivity (Wildman–Crippen MR) is 78.6 cm³/mol. The number of hydrogen-bond acceptors (Lipinski definition) is 6. The van der Waals surface area contributed by atoms with Crippen molar-refractivity contribution in [3.05, 3.63) is 30.2 Å². The van der Waals surface area contributed by atoms with E-state index in [4.69, 9.17) is 8.94 Å². The summed E-state index contributed by atoms with van der Waals surface area (Å²) in [5.74, 6) is 0.469. The van der Waals surface area contributed by atoms with E-state index in [0.29, 0.717) is 31.0 Å². The fraction of sp³-hybridized carbons (Fsp3) is 0.385. The van der Waals surface area contributed by atoms with Crippen LogP contribution in [-0.2, 0) is 10.0 Å². The van der Waals surface area contributed by atoms with Crippen molar-refractivity contribution in [1.29, 1.82) is 0 Å². The van der Waals surface area contributed by atoms with E-state index >= 15 is 0 Å². The number of nitrogens with zero attached hydrogens (tertiary/aromatic N) is 2. The number of rotatable bonds is 7. The fourth-order valence-corrected chi connectivity index (χ4v) is 2.14. The lowest BCUT2D eigenvalue weighted by atomic mass is 10.3. The molecule has 0 aromatic carbocycles. The van der Waals surface area contributed by atoms with Crippen molar-refractivity contribution in [2.45, 2.75) is 6.42 Å². The van der Waals surface area contributed by atoms with Crippen LogP contribution in [-0.4, -0.2) is 50.2 Å². The van der Waals surface area contributed by atoms with Crippen molar-refractivity contribution in [3.63, 3.8) is 0 Å². The molecule has 9 heteroatoms. The van der Waals surface area contributed by atoms with Crippen LogP contribution in [0.25, 0.3) is 11.5 Å². The van der Waals surface area contributed by atoms with Crippen LogP contribution in [0.5, 0.6) is 0 Å². The van der Waals surface area contributed by atoms with E-state index in [2.05, 4.69) is 10.5 Å². The molecule has 2 rings (SSSR count). The van der Waals surface area contributed by atoms with Gasteiger partial charge in [0.05, 0.1) is 12.5 Å². The summed E-state index contributed by atoms with van der Waals surface area (Å²) < 4.78 is 33.8. The van der Waals surface area contributed by atoms with Gasteiger partial charge in [-0.25, -0.2) is 12.7 Å². The molecule has 2 aromatic heterocycles. The van der Waals surface area contributed by atoms with Gasteiger partial charge in [-0.15, -0.1) is 0 Å². The van der Waals surface area contributed by atoms with Crippen LogP contribution < -0.4 is 5.32 Å². The molecule has 0 bridgehead atoms. The third kappa shape index (κ3) is 4.18. The Morgan fingerprint density at radius 2 is 2.18 bits per heavy atom. The second-order valence-corrected chi connectivity index (χ2v) is 6.84. The summed E-state index contributed by atoms with van der Waals surface area (Å²) in [7, 11) is -1.70. The highest BCUT2D eigenvalue weighted by Gasteiger charge is 2.15. The molecule has 22 heavy (non-hydrogen) atoms. The molecule has 0 fully saturated rings. The van der Waals surface area contributed by atoms with Crippen molar-refractivity contribution in [2.75, 3.05) is 26.4 Å². The lowest BCUT2D eigenvalue weighted by Crippen LogP contribution is -2.31. The van der Waals surface area contributed by atoms with Crippen LogP contribution in [0.15, 0.2) is 33.4 Å². The first-order valence-corrected chi connectivity index (χ1v) is 8.43. The second-order valence-electron chi connectivity index (χ2n) is 4.75. The van der Waals surface area contributed by atoms with Crippen molar-refractivity contribution in [3.8, 4) is 11.5 Å². The van der Waals surface area contributed by atoms with Gasteiger partial charge in [0.2, 0.25) is 15.8 Å². The van der Waals surface area contributed by atoms with Crippen LogP contribution in [0.3, 0.4) is 0 Å². The molecule has 0 aliphatic rings. The summed E-state index contributed by atoms with van der Waals surface area (Å²) in [6, 6.07) is 4.88. The maximum absolute atomic E-state index is 11.9. The third-order valence-electron chi connectivity index (χ3n) is 3.01. The third-order valence-corrected chi connectivity index (χ3v) is 4.32. The lowest BCUT2D eigenvalue weighted by molar-refractivity contribution is 0.0944. The average Bonchev–Trinajstić information content (AvgIpc) is 3.11. The number of amides is 1. The molecule has 0 atom stereocenters. The van der Waals surface area contributed by atoms with Crippen molar-refractivity contribution < 1.29 is 22.2 Å². The van der Waals surface area contributed by atoms with Gasteiger partial charge in [0.1, 0.15) is 0 Å². The Kier molecular flexibility index (Phi) is 4.99. The van der Waals surface area contributed by atoms with E-state index in [0.717, 1.165) is 6.26 Å². The molecule has 0 aliphatic heterocycles. The quantitative estimate of drug-likeness (QED) is 0.759. The Balaban J connectivity index is 1.81. The normalized spacial score (nSPS) is 11.8. The van der Waals surface area contributed by atoms with Gasteiger partial charge in [0.25, 0.3) is 5.91 Å².